The lowest BCUT2D eigenvalue weighted by Crippen LogP contribution is -2.39. The Bertz CT molecular complexity index is 1030. The summed E-state index contributed by atoms with van der Waals surface area (Å²) in [4.78, 5) is 37.9. The van der Waals surface area contributed by atoms with Gasteiger partial charge in [0.15, 0.2) is 0 Å². The number of hydrogen-bond acceptors (Lipinski definition) is 7. The van der Waals surface area contributed by atoms with Gasteiger partial charge >= 0.3 is 0 Å². The Labute approximate surface area is 190 Å². The molecule has 32 heavy (non-hydrogen) atoms. The van der Waals surface area contributed by atoms with E-state index >= 15 is 0 Å². The van der Waals surface area contributed by atoms with Crippen LogP contribution in [0.1, 0.15) is 20.8 Å². The van der Waals surface area contributed by atoms with Gasteiger partial charge in [-0.15, -0.1) is 11.3 Å². The zero-order valence-corrected chi connectivity index (χ0v) is 18.5. The summed E-state index contributed by atoms with van der Waals surface area (Å²) in [5.41, 5.74) is 3.52. The van der Waals surface area contributed by atoms with Crippen molar-refractivity contribution in [2.75, 3.05) is 26.7 Å². The number of amides is 2. The Morgan fingerprint density at radius 2 is 1.97 bits per heavy atom. The van der Waals surface area contributed by atoms with Crippen LogP contribution in [0.5, 0.6) is 5.75 Å². The van der Waals surface area contributed by atoms with E-state index in [9.17, 15) is 9.59 Å². The summed E-state index contributed by atoms with van der Waals surface area (Å²) in [6, 6.07) is 11.4. The van der Waals surface area contributed by atoms with Crippen molar-refractivity contribution >= 4 is 23.2 Å². The van der Waals surface area contributed by atoms with Gasteiger partial charge < -0.3 is 19.3 Å². The number of carbonyl (C=O) groups excluding carboxylic acids is 2. The highest BCUT2D eigenvalue weighted by Gasteiger charge is 2.32. The van der Waals surface area contributed by atoms with Gasteiger partial charge in [-0.1, -0.05) is 18.2 Å². The molecule has 1 atom stereocenters. The first-order chi connectivity index (χ1) is 15.6. The van der Waals surface area contributed by atoms with E-state index in [0.29, 0.717) is 31.1 Å². The molecule has 0 radical (unpaired) electrons. The van der Waals surface area contributed by atoms with Crippen molar-refractivity contribution in [2.24, 2.45) is 0 Å². The van der Waals surface area contributed by atoms with Crippen LogP contribution in [0.2, 0.25) is 0 Å². The van der Waals surface area contributed by atoms with Crippen molar-refractivity contribution in [1.29, 1.82) is 0 Å². The Kier molecular flexibility index (Phi) is 7.08. The van der Waals surface area contributed by atoms with Crippen molar-refractivity contribution in [2.45, 2.75) is 19.3 Å². The summed E-state index contributed by atoms with van der Waals surface area (Å²) < 4.78 is 11.4. The number of thiazole rings is 1. The first-order valence-electron chi connectivity index (χ1n) is 10.2. The second-order valence-electron chi connectivity index (χ2n) is 7.47. The molecular weight excluding hydrogens is 428 g/mol. The summed E-state index contributed by atoms with van der Waals surface area (Å²) in [5, 5.41) is 0. The molecule has 0 unspecified atom stereocenters. The normalized spacial score (nSPS) is 16.7. The molecule has 0 spiro atoms. The smallest absolute Gasteiger partial charge is 0.266 e. The van der Waals surface area contributed by atoms with Crippen molar-refractivity contribution in [3.05, 3.63) is 76.5 Å². The Hall–Kier alpha value is -3.30. The highest BCUT2D eigenvalue weighted by Crippen LogP contribution is 2.19. The second kappa shape index (κ2) is 10.3. The molecule has 9 heteroatoms. The fraction of sp³-hybridized carbons (Fsp3) is 0.304. The molecule has 2 aromatic heterocycles. The minimum atomic E-state index is -0.336. The van der Waals surface area contributed by atoms with E-state index in [1.54, 1.807) is 34.8 Å². The summed E-state index contributed by atoms with van der Waals surface area (Å²) in [7, 11) is 1.62. The zero-order valence-electron chi connectivity index (χ0n) is 17.7. The third kappa shape index (κ3) is 5.49. The van der Waals surface area contributed by atoms with Crippen LogP contribution < -0.4 is 4.74 Å². The SMILES string of the molecule is COc1ccc(CN2C[C@@H](OCc3cccnc3)CN(C(=O)c3cncs3)CC2=O)cc1. The van der Waals surface area contributed by atoms with Crippen LogP contribution in [-0.4, -0.2) is 64.4 Å². The molecule has 0 N–H and O–H groups in total. The maximum atomic E-state index is 13.1. The van der Waals surface area contributed by atoms with Crippen LogP contribution >= 0.6 is 11.3 Å². The molecule has 0 aliphatic carbocycles. The van der Waals surface area contributed by atoms with Crippen LogP contribution in [0.25, 0.3) is 0 Å². The van der Waals surface area contributed by atoms with Crippen molar-refractivity contribution in [1.82, 2.24) is 19.8 Å². The number of hydrogen-bond donors (Lipinski definition) is 0. The molecule has 1 saturated heterocycles. The third-order valence-electron chi connectivity index (χ3n) is 5.20. The Morgan fingerprint density at radius 3 is 2.66 bits per heavy atom. The van der Waals surface area contributed by atoms with E-state index < -0.39 is 0 Å². The van der Waals surface area contributed by atoms with Gasteiger partial charge in [0.1, 0.15) is 17.2 Å². The zero-order chi connectivity index (χ0) is 22.3. The van der Waals surface area contributed by atoms with Crippen LogP contribution in [0, 0.1) is 0 Å². The van der Waals surface area contributed by atoms with Crippen molar-refractivity contribution in [3.8, 4) is 5.75 Å². The fourth-order valence-corrected chi connectivity index (χ4v) is 4.10. The monoisotopic (exact) mass is 452 g/mol. The lowest BCUT2D eigenvalue weighted by Gasteiger charge is -2.25. The van der Waals surface area contributed by atoms with E-state index in [1.807, 2.05) is 36.4 Å². The maximum absolute atomic E-state index is 13.1. The van der Waals surface area contributed by atoms with Gasteiger partial charge in [-0.05, 0) is 29.3 Å². The minimum absolute atomic E-state index is 0.000357. The molecule has 8 nitrogen and oxygen atoms in total. The van der Waals surface area contributed by atoms with E-state index in [0.717, 1.165) is 16.9 Å². The topological polar surface area (TPSA) is 84.9 Å². The van der Waals surface area contributed by atoms with Crippen molar-refractivity contribution in [3.63, 3.8) is 0 Å². The van der Waals surface area contributed by atoms with E-state index in [2.05, 4.69) is 9.97 Å². The van der Waals surface area contributed by atoms with Gasteiger partial charge in [-0.25, -0.2) is 0 Å². The van der Waals surface area contributed by atoms with Crippen LogP contribution in [0.4, 0.5) is 0 Å². The Balaban J connectivity index is 1.51. The summed E-state index contributed by atoms with van der Waals surface area (Å²) in [6.07, 6.45) is 4.65. The molecule has 1 fully saturated rings. The molecule has 0 saturated carbocycles. The number of ether oxygens (including phenoxy) is 2. The molecule has 3 heterocycles. The summed E-state index contributed by atoms with van der Waals surface area (Å²) in [5.74, 6) is 0.434. The molecule has 3 aromatic rings. The molecule has 1 aliphatic heterocycles. The van der Waals surface area contributed by atoms with Gasteiger partial charge in [0.05, 0.1) is 31.5 Å². The molecular formula is C23H24N4O4S. The van der Waals surface area contributed by atoms with E-state index in [-0.39, 0.29) is 24.5 Å². The van der Waals surface area contributed by atoms with E-state index in [1.165, 1.54) is 17.5 Å². The molecule has 166 valence electrons. The standard InChI is InChI=1S/C23H24N4O4S/c1-30-19-6-4-17(5-7-19)11-26-12-20(31-15-18-3-2-8-24-9-18)13-27(14-22(26)28)23(29)21-10-25-16-32-21/h2-10,16,20H,11-15H2,1H3/t20-/m1/s1. The summed E-state index contributed by atoms with van der Waals surface area (Å²) >= 11 is 1.26. The molecule has 4 rings (SSSR count). The lowest BCUT2D eigenvalue weighted by atomic mass is 10.2. The number of aromatic nitrogens is 2. The van der Waals surface area contributed by atoms with E-state index in [4.69, 9.17) is 9.47 Å². The average molecular weight is 453 g/mol. The molecule has 2 amide bonds. The second-order valence-corrected chi connectivity index (χ2v) is 8.35. The largest absolute Gasteiger partial charge is 0.497 e. The Morgan fingerprint density at radius 1 is 1.12 bits per heavy atom. The summed E-state index contributed by atoms with van der Waals surface area (Å²) in [6.45, 7) is 1.49. The van der Waals surface area contributed by atoms with Gasteiger partial charge in [0.25, 0.3) is 5.91 Å². The highest BCUT2D eigenvalue weighted by molar-refractivity contribution is 7.11. The first-order valence-corrected chi connectivity index (χ1v) is 11.1. The van der Waals surface area contributed by atoms with Crippen LogP contribution in [0.3, 0.4) is 0 Å². The predicted octanol–water partition coefficient (Wildman–Crippen LogP) is 2.62. The maximum Gasteiger partial charge on any atom is 0.266 e. The molecule has 1 aliphatic rings. The third-order valence-corrected chi connectivity index (χ3v) is 5.96. The molecule has 1 aromatic carbocycles. The number of benzene rings is 1. The van der Waals surface area contributed by atoms with Crippen LogP contribution in [0.15, 0.2) is 60.5 Å². The predicted molar refractivity (Wildman–Crippen MR) is 119 cm³/mol. The lowest BCUT2D eigenvalue weighted by molar-refractivity contribution is -0.132. The number of pyridine rings is 1. The minimum Gasteiger partial charge on any atom is -0.497 e. The number of nitrogens with zero attached hydrogens (tertiary/aromatic N) is 4. The van der Waals surface area contributed by atoms with Gasteiger partial charge in [0, 0.05) is 32.0 Å². The number of rotatable bonds is 7. The van der Waals surface area contributed by atoms with Crippen LogP contribution in [-0.2, 0) is 22.7 Å². The quantitative estimate of drug-likeness (QED) is 0.548. The first kappa shape index (κ1) is 21.9. The average Bonchev–Trinajstić information content (AvgIpc) is 3.32. The van der Waals surface area contributed by atoms with Gasteiger partial charge in [0.2, 0.25) is 5.91 Å². The van der Waals surface area contributed by atoms with Crippen molar-refractivity contribution < 1.29 is 19.1 Å². The highest BCUT2D eigenvalue weighted by atomic mass is 32.1. The molecule has 0 bridgehead atoms. The number of carbonyl (C=O) groups is 2. The fourth-order valence-electron chi connectivity index (χ4n) is 3.52. The number of methoxy groups -OCH3 is 1. The van der Waals surface area contributed by atoms with Gasteiger partial charge in [-0.2, -0.15) is 0 Å². The van der Waals surface area contributed by atoms with Gasteiger partial charge in [-0.3, -0.25) is 19.6 Å².